The van der Waals surface area contributed by atoms with Crippen LogP contribution in [-0.2, 0) is 16.0 Å². The average Bonchev–Trinajstić information content (AvgIpc) is 2.42. The molecule has 2 rings (SSSR count). The lowest BCUT2D eigenvalue weighted by molar-refractivity contribution is -0.159. The van der Waals surface area contributed by atoms with Gasteiger partial charge in [-0.1, -0.05) is 44.7 Å². The van der Waals surface area contributed by atoms with Crippen molar-refractivity contribution in [2.24, 2.45) is 0 Å². The molecule has 0 fully saturated rings. The van der Waals surface area contributed by atoms with Gasteiger partial charge in [0.2, 0.25) is 0 Å². The monoisotopic (exact) mass is 258 g/mol. The first-order chi connectivity index (χ1) is 9.00. The summed E-state index contributed by atoms with van der Waals surface area (Å²) in [4.78, 5) is 11.9. The van der Waals surface area contributed by atoms with Crippen LogP contribution in [-0.4, -0.2) is 11.6 Å². The van der Waals surface area contributed by atoms with E-state index < -0.39 is 0 Å². The Morgan fingerprint density at radius 2 is 2.16 bits per heavy atom. The molecule has 1 aromatic rings. The van der Waals surface area contributed by atoms with Gasteiger partial charge in [0.05, 0.1) is 0 Å². The summed E-state index contributed by atoms with van der Waals surface area (Å²) >= 11 is 0. The van der Waals surface area contributed by atoms with Crippen LogP contribution in [0.1, 0.15) is 50.7 Å². The van der Waals surface area contributed by atoms with Crippen LogP contribution < -0.4 is 0 Å². The molecule has 0 saturated carbocycles. The maximum absolute atomic E-state index is 11.9. The van der Waals surface area contributed by atoms with Gasteiger partial charge in [0, 0.05) is 11.5 Å². The zero-order chi connectivity index (χ0) is 14.0. The summed E-state index contributed by atoms with van der Waals surface area (Å²) in [7, 11) is 0. The van der Waals surface area contributed by atoms with E-state index in [0.29, 0.717) is 5.57 Å². The van der Waals surface area contributed by atoms with E-state index in [2.05, 4.69) is 44.7 Å². The fourth-order valence-corrected chi connectivity index (χ4v) is 3.00. The fourth-order valence-electron chi connectivity index (χ4n) is 3.00. The highest BCUT2D eigenvalue weighted by molar-refractivity contribution is 5.87. The molecule has 0 N–H and O–H groups in total. The molecule has 19 heavy (non-hydrogen) atoms. The molecule has 0 heterocycles. The molecule has 0 bridgehead atoms. The SMILES string of the molecule is C=C(C)C(=O)OC1(CC)CCc2ccccc2C1C. The number of ether oxygens (including phenoxy) is 1. The molecule has 0 aromatic heterocycles. The predicted octanol–water partition coefficient (Wildman–Crippen LogP) is 4.00. The summed E-state index contributed by atoms with van der Waals surface area (Å²) < 4.78 is 5.82. The molecule has 2 heteroatoms. The standard InChI is InChI=1S/C17H22O2/c1-5-17(19-16(18)12(2)3)11-10-14-8-6-7-9-15(14)13(17)4/h6-9,13H,2,5,10-11H2,1,3-4H3. The van der Waals surface area contributed by atoms with E-state index >= 15 is 0 Å². The number of hydrogen-bond donors (Lipinski definition) is 0. The summed E-state index contributed by atoms with van der Waals surface area (Å²) in [6.45, 7) is 9.64. The molecule has 2 atom stereocenters. The molecule has 0 spiro atoms. The minimum atomic E-state index is -0.385. The third kappa shape index (κ3) is 2.44. The second-order valence-corrected chi connectivity index (χ2v) is 5.51. The summed E-state index contributed by atoms with van der Waals surface area (Å²) in [5.41, 5.74) is 2.78. The van der Waals surface area contributed by atoms with Gasteiger partial charge >= 0.3 is 5.97 Å². The van der Waals surface area contributed by atoms with Crippen molar-refractivity contribution in [3.63, 3.8) is 0 Å². The first-order valence-electron chi connectivity index (χ1n) is 6.97. The van der Waals surface area contributed by atoms with Gasteiger partial charge in [-0.3, -0.25) is 0 Å². The van der Waals surface area contributed by atoms with Crippen molar-refractivity contribution in [2.45, 2.75) is 51.6 Å². The van der Waals surface area contributed by atoms with Crippen LogP contribution in [0.4, 0.5) is 0 Å². The molecule has 102 valence electrons. The van der Waals surface area contributed by atoms with Crippen molar-refractivity contribution in [3.8, 4) is 0 Å². The number of carbonyl (C=O) groups is 1. The van der Waals surface area contributed by atoms with Gasteiger partial charge in [0.15, 0.2) is 0 Å². The number of esters is 1. The molecule has 0 saturated heterocycles. The minimum absolute atomic E-state index is 0.228. The normalized spacial score (nSPS) is 25.5. The maximum atomic E-state index is 11.9. The molecule has 1 aromatic carbocycles. The van der Waals surface area contributed by atoms with E-state index in [1.807, 2.05) is 0 Å². The molecule has 2 nitrogen and oxygen atoms in total. The van der Waals surface area contributed by atoms with Gasteiger partial charge in [0.1, 0.15) is 5.60 Å². The summed E-state index contributed by atoms with van der Waals surface area (Å²) in [5.74, 6) is -0.0427. The Kier molecular flexibility index (Phi) is 3.79. The molecule has 0 radical (unpaired) electrons. The maximum Gasteiger partial charge on any atom is 0.333 e. The first kappa shape index (κ1) is 13.9. The van der Waals surface area contributed by atoms with E-state index in [4.69, 9.17) is 4.74 Å². The van der Waals surface area contributed by atoms with Gasteiger partial charge in [0.25, 0.3) is 0 Å². The summed E-state index contributed by atoms with van der Waals surface area (Å²) in [5, 5.41) is 0. The van der Waals surface area contributed by atoms with Crippen molar-refractivity contribution >= 4 is 5.97 Å². The van der Waals surface area contributed by atoms with Gasteiger partial charge in [-0.25, -0.2) is 4.79 Å². The van der Waals surface area contributed by atoms with Crippen LogP contribution >= 0.6 is 0 Å². The Morgan fingerprint density at radius 3 is 2.79 bits per heavy atom. The van der Waals surface area contributed by atoms with Crippen LogP contribution in [0.15, 0.2) is 36.4 Å². The van der Waals surface area contributed by atoms with Crippen molar-refractivity contribution in [1.29, 1.82) is 0 Å². The minimum Gasteiger partial charge on any atom is -0.455 e. The van der Waals surface area contributed by atoms with E-state index in [-0.39, 0.29) is 17.5 Å². The van der Waals surface area contributed by atoms with E-state index in [0.717, 1.165) is 19.3 Å². The summed E-state index contributed by atoms with van der Waals surface area (Å²) in [6.07, 6.45) is 2.69. The smallest absolute Gasteiger partial charge is 0.333 e. The number of carbonyl (C=O) groups excluding carboxylic acids is 1. The Hall–Kier alpha value is -1.57. The van der Waals surface area contributed by atoms with Crippen LogP contribution in [0.25, 0.3) is 0 Å². The van der Waals surface area contributed by atoms with Crippen LogP contribution in [0, 0.1) is 0 Å². The van der Waals surface area contributed by atoms with Crippen molar-refractivity contribution in [1.82, 2.24) is 0 Å². The Bertz CT molecular complexity index is 504. The lowest BCUT2D eigenvalue weighted by Crippen LogP contribution is -2.43. The number of aryl methyl sites for hydroxylation is 1. The highest BCUT2D eigenvalue weighted by atomic mass is 16.6. The lowest BCUT2D eigenvalue weighted by atomic mass is 9.71. The fraction of sp³-hybridized carbons (Fsp3) is 0.471. The third-order valence-corrected chi connectivity index (χ3v) is 4.37. The van der Waals surface area contributed by atoms with Crippen LogP contribution in [0.3, 0.4) is 0 Å². The first-order valence-corrected chi connectivity index (χ1v) is 6.97. The number of hydrogen-bond acceptors (Lipinski definition) is 2. The van der Waals surface area contributed by atoms with Gasteiger partial charge < -0.3 is 4.74 Å². The van der Waals surface area contributed by atoms with Crippen LogP contribution in [0.2, 0.25) is 0 Å². The third-order valence-electron chi connectivity index (χ3n) is 4.37. The molecule has 1 aliphatic carbocycles. The molecular formula is C17H22O2. The molecule has 0 amide bonds. The largest absolute Gasteiger partial charge is 0.455 e. The van der Waals surface area contributed by atoms with Crippen LogP contribution in [0.5, 0.6) is 0 Å². The Morgan fingerprint density at radius 1 is 1.47 bits per heavy atom. The Balaban J connectivity index is 2.33. The molecular weight excluding hydrogens is 236 g/mol. The van der Waals surface area contributed by atoms with Gasteiger partial charge in [-0.05, 0) is 37.3 Å². The van der Waals surface area contributed by atoms with E-state index in [1.54, 1.807) is 6.92 Å². The highest BCUT2D eigenvalue weighted by Gasteiger charge is 2.42. The zero-order valence-corrected chi connectivity index (χ0v) is 12.0. The average molecular weight is 258 g/mol. The van der Waals surface area contributed by atoms with Gasteiger partial charge in [-0.2, -0.15) is 0 Å². The number of rotatable bonds is 3. The second kappa shape index (κ2) is 5.20. The molecule has 2 unspecified atom stereocenters. The number of benzene rings is 1. The zero-order valence-electron chi connectivity index (χ0n) is 12.0. The molecule has 0 aliphatic heterocycles. The van der Waals surface area contributed by atoms with E-state index in [1.165, 1.54) is 11.1 Å². The quantitative estimate of drug-likeness (QED) is 0.605. The summed E-state index contributed by atoms with van der Waals surface area (Å²) in [6, 6.07) is 8.45. The Labute approximate surface area is 115 Å². The molecule has 1 aliphatic rings. The number of fused-ring (bicyclic) bond motifs is 1. The van der Waals surface area contributed by atoms with Crippen molar-refractivity contribution in [3.05, 3.63) is 47.5 Å². The second-order valence-electron chi connectivity index (χ2n) is 5.51. The predicted molar refractivity (Wildman–Crippen MR) is 77.1 cm³/mol. The van der Waals surface area contributed by atoms with Crippen molar-refractivity contribution in [2.75, 3.05) is 0 Å². The highest BCUT2D eigenvalue weighted by Crippen LogP contribution is 2.43. The van der Waals surface area contributed by atoms with Gasteiger partial charge in [-0.15, -0.1) is 0 Å². The topological polar surface area (TPSA) is 26.3 Å². The lowest BCUT2D eigenvalue weighted by Gasteiger charge is -2.42. The van der Waals surface area contributed by atoms with Crippen molar-refractivity contribution < 1.29 is 9.53 Å². The van der Waals surface area contributed by atoms with E-state index in [9.17, 15) is 4.79 Å².